The first-order chi connectivity index (χ1) is 17.0. The molecule has 2 amide bonds. The topological polar surface area (TPSA) is 77.2 Å². The van der Waals surface area contributed by atoms with Gasteiger partial charge in [-0.2, -0.15) is 0 Å². The fourth-order valence-corrected chi connectivity index (χ4v) is 5.59. The minimum absolute atomic E-state index is 0.0279. The maximum atomic E-state index is 13.0. The van der Waals surface area contributed by atoms with Gasteiger partial charge in [-0.15, -0.1) is 11.8 Å². The third kappa shape index (κ3) is 4.91. The van der Waals surface area contributed by atoms with Gasteiger partial charge in [0.25, 0.3) is 0 Å². The molecule has 5 rings (SSSR count). The number of hydrogen-bond donors (Lipinski definition) is 3. The van der Waals surface area contributed by atoms with E-state index in [1.165, 1.54) is 11.8 Å². The van der Waals surface area contributed by atoms with Crippen molar-refractivity contribution in [3.8, 4) is 0 Å². The van der Waals surface area contributed by atoms with Crippen molar-refractivity contribution in [3.63, 3.8) is 0 Å². The molecular formula is C28H28N4O2S. The molecule has 3 N–H and O–H groups in total. The van der Waals surface area contributed by atoms with E-state index in [4.69, 9.17) is 0 Å². The Morgan fingerprint density at radius 3 is 2.57 bits per heavy atom. The second-order valence-corrected chi connectivity index (χ2v) is 10.2. The molecule has 1 aliphatic heterocycles. The van der Waals surface area contributed by atoms with Gasteiger partial charge in [-0.1, -0.05) is 42.5 Å². The molecule has 7 heteroatoms. The number of fused-ring (bicyclic) bond motifs is 2. The number of rotatable bonds is 7. The molecule has 2 atom stereocenters. The highest BCUT2D eigenvalue weighted by Gasteiger charge is 2.29. The number of carbonyl (C=O) groups excluding carboxylic acids is 2. The number of hydrogen-bond acceptors (Lipinski definition) is 4. The fraction of sp³-hybridized carbons (Fsp3) is 0.214. The molecule has 1 aromatic heterocycles. The molecule has 0 bridgehead atoms. The summed E-state index contributed by atoms with van der Waals surface area (Å²) in [5, 5.41) is 6.71. The zero-order valence-corrected chi connectivity index (χ0v) is 20.6. The first-order valence-electron chi connectivity index (χ1n) is 11.7. The van der Waals surface area contributed by atoms with Gasteiger partial charge in [0.1, 0.15) is 0 Å². The largest absolute Gasteiger partial charge is 0.378 e. The summed E-state index contributed by atoms with van der Waals surface area (Å²) in [5.41, 5.74) is 5.25. The number of carbonyl (C=O) groups is 2. The van der Waals surface area contributed by atoms with Crippen molar-refractivity contribution >= 4 is 45.9 Å². The molecule has 1 aliphatic rings. The lowest BCUT2D eigenvalue weighted by Gasteiger charge is -2.24. The minimum Gasteiger partial charge on any atom is -0.378 e. The van der Waals surface area contributed by atoms with E-state index in [0.717, 1.165) is 38.3 Å². The van der Waals surface area contributed by atoms with E-state index < -0.39 is 5.25 Å². The van der Waals surface area contributed by atoms with E-state index in [2.05, 4.69) is 56.9 Å². The lowest BCUT2D eigenvalue weighted by atomic mass is 9.90. The van der Waals surface area contributed by atoms with Crippen LogP contribution in [0.15, 0.2) is 83.9 Å². The summed E-state index contributed by atoms with van der Waals surface area (Å²) in [4.78, 5) is 31.9. The van der Waals surface area contributed by atoms with Gasteiger partial charge in [0.2, 0.25) is 11.8 Å². The molecule has 3 aromatic carbocycles. The average Bonchev–Trinajstić information content (AvgIpc) is 3.29. The smallest absolute Gasteiger partial charge is 0.238 e. The average molecular weight is 485 g/mol. The zero-order valence-electron chi connectivity index (χ0n) is 19.7. The highest BCUT2D eigenvalue weighted by atomic mass is 32.2. The van der Waals surface area contributed by atoms with Crippen molar-refractivity contribution in [2.45, 2.75) is 22.5 Å². The fourth-order valence-electron chi connectivity index (χ4n) is 4.48. The van der Waals surface area contributed by atoms with Crippen molar-refractivity contribution in [2.24, 2.45) is 0 Å². The summed E-state index contributed by atoms with van der Waals surface area (Å²) >= 11 is 1.45. The normalized spacial score (nSPS) is 15.8. The molecule has 2 heterocycles. The van der Waals surface area contributed by atoms with Crippen molar-refractivity contribution < 1.29 is 9.59 Å². The van der Waals surface area contributed by atoms with Crippen LogP contribution in [0.1, 0.15) is 23.5 Å². The van der Waals surface area contributed by atoms with Crippen molar-refractivity contribution in [1.82, 2.24) is 10.3 Å². The number of H-pyrrole nitrogens is 1. The van der Waals surface area contributed by atoms with Gasteiger partial charge in [-0.25, -0.2) is 0 Å². The van der Waals surface area contributed by atoms with E-state index in [-0.39, 0.29) is 24.2 Å². The Hall–Kier alpha value is -3.71. The predicted octanol–water partition coefficient (Wildman–Crippen LogP) is 4.99. The number of aromatic nitrogens is 1. The monoisotopic (exact) mass is 484 g/mol. The summed E-state index contributed by atoms with van der Waals surface area (Å²) in [6.45, 7) is 0.442. The van der Waals surface area contributed by atoms with Crippen LogP contribution in [0, 0.1) is 0 Å². The Bertz CT molecular complexity index is 1360. The Balaban J connectivity index is 1.34. The van der Waals surface area contributed by atoms with E-state index in [1.807, 2.05) is 56.7 Å². The quantitative estimate of drug-likeness (QED) is 0.346. The maximum absolute atomic E-state index is 13.0. The van der Waals surface area contributed by atoms with Crippen LogP contribution in [0.4, 0.5) is 11.4 Å². The Morgan fingerprint density at radius 1 is 1.03 bits per heavy atom. The Kier molecular flexibility index (Phi) is 6.51. The summed E-state index contributed by atoms with van der Waals surface area (Å²) in [5.74, 6) is -0.289. The molecule has 0 spiro atoms. The number of nitrogens with one attached hydrogen (secondary N) is 3. The number of aromatic amines is 1. The van der Waals surface area contributed by atoms with Gasteiger partial charge in [0.05, 0.1) is 10.9 Å². The molecule has 0 aliphatic carbocycles. The molecule has 0 unspecified atom stereocenters. The highest BCUT2D eigenvalue weighted by Crippen LogP contribution is 2.37. The minimum atomic E-state index is -0.448. The van der Waals surface area contributed by atoms with Gasteiger partial charge in [0, 0.05) is 60.7 Å². The second kappa shape index (κ2) is 9.88. The van der Waals surface area contributed by atoms with Crippen LogP contribution >= 0.6 is 11.8 Å². The predicted molar refractivity (Wildman–Crippen MR) is 143 cm³/mol. The number of thioether (sulfide) groups is 1. The van der Waals surface area contributed by atoms with Crippen LogP contribution in [0.3, 0.4) is 0 Å². The molecule has 0 saturated carbocycles. The van der Waals surface area contributed by atoms with Gasteiger partial charge in [-0.05, 0) is 41.5 Å². The van der Waals surface area contributed by atoms with Crippen molar-refractivity contribution in [3.05, 3.63) is 90.1 Å². The standard InChI is InChI=1S/C28H28N4O2S/c1-32(2)19-13-11-18(12-14-19)21(22-17-29-23-8-4-3-7-20(22)23)16-30-27(33)15-26-28(34)31-24-9-5-6-10-25(24)35-26/h3-14,17,21,26,29H,15-16H2,1-2H3,(H,30,33)(H,31,34)/t21-,26-/m0/s1. The summed E-state index contributed by atoms with van der Waals surface area (Å²) in [6, 6.07) is 24.3. The number of nitrogens with zero attached hydrogens (tertiary/aromatic N) is 1. The first kappa shape index (κ1) is 23.1. The number of para-hydroxylation sites is 2. The Morgan fingerprint density at radius 2 is 1.77 bits per heavy atom. The van der Waals surface area contributed by atoms with Crippen molar-refractivity contribution in [1.29, 1.82) is 0 Å². The molecule has 6 nitrogen and oxygen atoms in total. The number of anilines is 2. The lowest BCUT2D eigenvalue weighted by molar-refractivity contribution is -0.124. The zero-order chi connectivity index (χ0) is 24.4. The third-order valence-electron chi connectivity index (χ3n) is 6.39. The third-order valence-corrected chi connectivity index (χ3v) is 7.66. The van der Waals surface area contributed by atoms with Crippen LogP contribution in [0.5, 0.6) is 0 Å². The summed E-state index contributed by atoms with van der Waals surface area (Å²) < 4.78 is 0. The van der Waals surface area contributed by atoms with E-state index in [1.54, 1.807) is 0 Å². The number of amides is 2. The van der Waals surface area contributed by atoms with Gasteiger partial charge < -0.3 is 20.5 Å². The first-order valence-corrected chi connectivity index (χ1v) is 12.5. The molecule has 0 radical (unpaired) electrons. The van der Waals surface area contributed by atoms with E-state index in [0.29, 0.717) is 6.54 Å². The Labute approximate surface area is 209 Å². The number of benzene rings is 3. The maximum Gasteiger partial charge on any atom is 0.238 e. The SMILES string of the molecule is CN(C)c1ccc([C@H](CNC(=O)C[C@@H]2Sc3ccccc3NC2=O)c2c[nH]c3ccccc23)cc1. The highest BCUT2D eigenvalue weighted by molar-refractivity contribution is 8.01. The molecule has 0 fully saturated rings. The van der Waals surface area contributed by atoms with Crippen LogP contribution in [-0.2, 0) is 9.59 Å². The summed E-state index contributed by atoms with van der Waals surface area (Å²) in [7, 11) is 4.04. The van der Waals surface area contributed by atoms with Crippen LogP contribution < -0.4 is 15.5 Å². The molecule has 4 aromatic rings. The molecule has 35 heavy (non-hydrogen) atoms. The van der Waals surface area contributed by atoms with Crippen LogP contribution in [0.2, 0.25) is 0 Å². The molecule has 0 saturated heterocycles. The second-order valence-electron chi connectivity index (χ2n) is 8.93. The van der Waals surface area contributed by atoms with Crippen LogP contribution in [-0.4, -0.2) is 42.7 Å². The van der Waals surface area contributed by atoms with E-state index in [9.17, 15) is 9.59 Å². The molecular weight excluding hydrogens is 456 g/mol. The molecule has 178 valence electrons. The van der Waals surface area contributed by atoms with Crippen LogP contribution in [0.25, 0.3) is 10.9 Å². The lowest BCUT2D eigenvalue weighted by Crippen LogP contribution is -2.36. The summed E-state index contributed by atoms with van der Waals surface area (Å²) in [6.07, 6.45) is 2.16. The van der Waals surface area contributed by atoms with Crippen molar-refractivity contribution in [2.75, 3.05) is 30.9 Å². The van der Waals surface area contributed by atoms with Gasteiger partial charge in [-0.3, -0.25) is 9.59 Å². The van der Waals surface area contributed by atoms with Gasteiger partial charge in [0.15, 0.2) is 0 Å². The van der Waals surface area contributed by atoms with Gasteiger partial charge >= 0.3 is 0 Å². The van der Waals surface area contributed by atoms with E-state index >= 15 is 0 Å².